The average Bonchev–Trinajstić information content (AvgIpc) is 0.824. The summed E-state index contributed by atoms with van der Waals surface area (Å²) in [6.45, 7) is 74.6. The van der Waals surface area contributed by atoms with Crippen LogP contribution in [-0.4, -0.2) is 89.7 Å². The van der Waals surface area contributed by atoms with Gasteiger partial charge in [-0.25, -0.2) is 0 Å². The fourth-order valence-electron chi connectivity index (χ4n) is 22.6. The molecular weight excluding hydrogens is 1290 g/mol. The molecule has 0 aromatic carbocycles. The molecule has 0 amide bonds. The van der Waals surface area contributed by atoms with E-state index < -0.39 is 0 Å². The van der Waals surface area contributed by atoms with Crippen molar-refractivity contribution in [3.05, 3.63) is 0 Å². The second-order valence-corrected chi connectivity index (χ2v) is 40.6. The summed E-state index contributed by atoms with van der Waals surface area (Å²) in [5.41, 5.74) is 0. The van der Waals surface area contributed by atoms with E-state index >= 15 is 0 Å². The van der Waals surface area contributed by atoms with Crippen molar-refractivity contribution in [2.75, 3.05) is 0 Å². The Hall–Kier alpha value is -0.320. The lowest BCUT2D eigenvalue weighted by Crippen LogP contribution is -2.43. The van der Waals surface area contributed by atoms with Crippen molar-refractivity contribution < 1.29 is 40.9 Å². The number of aliphatic hydroxyl groups is 8. The second-order valence-electron chi connectivity index (χ2n) is 40.6. The van der Waals surface area contributed by atoms with E-state index in [2.05, 4.69) is 228 Å². The zero-order valence-electron chi connectivity index (χ0n) is 76.5. The third-order valence-corrected chi connectivity index (χ3v) is 32.7. The normalized spacial score (nSPS) is 43.6. The standard InChI is InChI=1S/C13H26O.7C12H24O/c1-6-8(2)12-10(4)7-9(3)11(5)13(12)14;1-5-9(3)11-6-8(2)7-12(13)10(11)4;1-5-9(3)12-10(4)6-8(2)7-11(12)13;1-5-9(3)11-7-8(2)6-10(4)12(11)13;1-5-8(2)11-6-9(3)10(4)7-12(11)13;1-5-8(2)12-9(3)6-7-11(13)10(12)4;1-5-8(2)11-7-6-9(3)12(13)10(11)4;1-5-8(2)11-7-6-9(3)10(4)12(11)13/h8-14H,6-7H2,1-5H3;7*8-13H,5-7H2,1-4H3. The Bertz CT molecular complexity index is 2040. The largest absolute Gasteiger partial charge is 0.393 e. The summed E-state index contributed by atoms with van der Waals surface area (Å²) in [4.78, 5) is 0. The van der Waals surface area contributed by atoms with Gasteiger partial charge in [-0.05, 0) is 292 Å². The first-order valence-corrected chi connectivity index (χ1v) is 46.4. The van der Waals surface area contributed by atoms with Crippen molar-refractivity contribution in [1.29, 1.82) is 0 Å². The van der Waals surface area contributed by atoms with E-state index in [1.807, 2.05) is 0 Å². The van der Waals surface area contributed by atoms with Crippen LogP contribution in [0.25, 0.3) is 0 Å². The van der Waals surface area contributed by atoms with Crippen LogP contribution in [0.5, 0.6) is 0 Å². The third-order valence-electron chi connectivity index (χ3n) is 32.7. The maximum Gasteiger partial charge on any atom is 0.0601 e. The highest BCUT2D eigenvalue weighted by atomic mass is 16.3. The molecular formula is C97H194O8. The second kappa shape index (κ2) is 51.5. The summed E-state index contributed by atoms with van der Waals surface area (Å²) in [6.07, 6.45) is 27.1. The lowest BCUT2D eigenvalue weighted by atomic mass is 9.64. The molecule has 0 saturated heterocycles. The van der Waals surface area contributed by atoms with E-state index in [0.29, 0.717) is 142 Å². The van der Waals surface area contributed by atoms with Crippen molar-refractivity contribution in [2.45, 2.75) is 425 Å². The van der Waals surface area contributed by atoms with Gasteiger partial charge in [-0.15, -0.1) is 0 Å². The maximum atomic E-state index is 10.3. The molecule has 8 saturated carbocycles. The highest BCUT2D eigenvalue weighted by Crippen LogP contribution is 2.47. The molecule has 8 fully saturated rings. The minimum atomic E-state index is -0.0799. The molecule has 105 heavy (non-hydrogen) atoms. The summed E-state index contributed by atoms with van der Waals surface area (Å²) in [6, 6.07) is 0. The van der Waals surface area contributed by atoms with Crippen LogP contribution in [-0.2, 0) is 0 Å². The van der Waals surface area contributed by atoms with Crippen LogP contribution in [0.1, 0.15) is 376 Å². The predicted octanol–water partition coefficient (Wildman–Crippen LogP) is 24.9. The lowest BCUT2D eigenvalue weighted by Gasteiger charge is -2.44. The van der Waals surface area contributed by atoms with Gasteiger partial charge in [-0.3, -0.25) is 0 Å². The highest BCUT2D eigenvalue weighted by molar-refractivity contribution is 4.93. The Morgan fingerprint density at radius 1 is 0.200 bits per heavy atom. The van der Waals surface area contributed by atoms with E-state index in [-0.39, 0.29) is 48.8 Å². The van der Waals surface area contributed by atoms with Crippen LogP contribution in [0.2, 0.25) is 0 Å². The topological polar surface area (TPSA) is 162 Å². The fraction of sp³-hybridized carbons (Fsp3) is 1.00. The van der Waals surface area contributed by atoms with E-state index in [9.17, 15) is 40.9 Å². The molecule has 630 valence electrons. The molecule has 8 aliphatic rings. The van der Waals surface area contributed by atoms with Crippen LogP contribution in [0, 0.1) is 195 Å². The summed E-state index contributed by atoms with van der Waals surface area (Å²) in [5.74, 6) is 21.4. The van der Waals surface area contributed by atoms with Crippen molar-refractivity contribution in [2.24, 2.45) is 195 Å². The molecule has 0 aromatic heterocycles. The summed E-state index contributed by atoms with van der Waals surface area (Å²) < 4.78 is 0. The molecule has 41 unspecified atom stereocenters. The van der Waals surface area contributed by atoms with Gasteiger partial charge in [0.25, 0.3) is 0 Å². The molecule has 8 heteroatoms. The molecule has 0 radical (unpaired) electrons. The highest BCUT2D eigenvalue weighted by Gasteiger charge is 2.43. The third kappa shape index (κ3) is 32.1. The van der Waals surface area contributed by atoms with Crippen LogP contribution < -0.4 is 0 Å². The van der Waals surface area contributed by atoms with E-state index in [4.69, 9.17) is 0 Å². The molecule has 0 bridgehead atoms. The molecule has 8 rings (SSSR count). The van der Waals surface area contributed by atoms with Crippen LogP contribution in [0.4, 0.5) is 0 Å². The van der Waals surface area contributed by atoms with E-state index in [1.165, 1.54) is 122 Å². The van der Waals surface area contributed by atoms with Gasteiger partial charge >= 0.3 is 0 Å². The quantitative estimate of drug-likeness (QED) is 0.0758. The SMILES string of the molecule is CCC(C)C1C(C)CC(C)C(C)C1O.CCC(C)C1C(C)CC(C)CC1O.CCC(C)C1C(C)CCC(O)C1C.CCC(C)C1CC(C)C(C)CC1O.CCC(C)C1CC(C)CC(C)C1O.CCC(C)C1CC(C)CC(O)C1C.CCC(C)C1CCC(C)C(C)C1O.CCC(C)C1CCC(C)C(O)C1C. The Labute approximate surface area is 657 Å². The molecule has 0 aromatic rings. The van der Waals surface area contributed by atoms with Gasteiger partial charge in [0.15, 0.2) is 0 Å². The molecule has 0 heterocycles. The zero-order chi connectivity index (χ0) is 80.9. The van der Waals surface area contributed by atoms with Crippen molar-refractivity contribution in [1.82, 2.24) is 0 Å². The zero-order valence-corrected chi connectivity index (χ0v) is 76.5. The van der Waals surface area contributed by atoms with E-state index in [1.54, 1.807) is 0 Å². The minimum Gasteiger partial charge on any atom is -0.393 e. The Kier molecular flexibility index (Phi) is 50.4. The Morgan fingerprint density at radius 2 is 0.581 bits per heavy atom. The molecule has 8 N–H and O–H groups in total. The minimum absolute atomic E-state index is 0.0406. The number of aliphatic hydroxyl groups excluding tert-OH is 8. The number of hydrogen-bond acceptors (Lipinski definition) is 8. The summed E-state index contributed by atoms with van der Waals surface area (Å²) in [5, 5.41) is 80.1. The Balaban J connectivity index is 0.000000600. The molecule has 8 aliphatic carbocycles. The van der Waals surface area contributed by atoms with Gasteiger partial charge in [-0.1, -0.05) is 280 Å². The molecule has 0 aliphatic heterocycles. The van der Waals surface area contributed by atoms with Crippen molar-refractivity contribution in [3.8, 4) is 0 Å². The van der Waals surface area contributed by atoms with Gasteiger partial charge in [0.05, 0.1) is 48.8 Å². The molecule has 41 atom stereocenters. The van der Waals surface area contributed by atoms with Crippen LogP contribution in [0.15, 0.2) is 0 Å². The van der Waals surface area contributed by atoms with Crippen molar-refractivity contribution >= 4 is 0 Å². The predicted molar refractivity (Wildman–Crippen MR) is 457 cm³/mol. The van der Waals surface area contributed by atoms with Gasteiger partial charge in [0.2, 0.25) is 0 Å². The van der Waals surface area contributed by atoms with Gasteiger partial charge in [0, 0.05) is 0 Å². The average molecular weight is 1490 g/mol. The van der Waals surface area contributed by atoms with Crippen LogP contribution >= 0.6 is 0 Å². The van der Waals surface area contributed by atoms with E-state index in [0.717, 1.165) is 78.9 Å². The van der Waals surface area contributed by atoms with Gasteiger partial charge in [-0.2, -0.15) is 0 Å². The van der Waals surface area contributed by atoms with Crippen molar-refractivity contribution in [3.63, 3.8) is 0 Å². The van der Waals surface area contributed by atoms with Gasteiger partial charge < -0.3 is 40.9 Å². The smallest absolute Gasteiger partial charge is 0.0601 e. The summed E-state index contributed by atoms with van der Waals surface area (Å²) in [7, 11) is 0. The monoisotopic (exact) mass is 1490 g/mol. The summed E-state index contributed by atoms with van der Waals surface area (Å²) >= 11 is 0. The lowest BCUT2D eigenvalue weighted by molar-refractivity contribution is -0.0524. The number of rotatable bonds is 16. The first-order valence-electron chi connectivity index (χ1n) is 46.4. The first kappa shape index (κ1) is 103. The molecule has 0 spiro atoms. The first-order chi connectivity index (χ1) is 48.9. The fourth-order valence-corrected chi connectivity index (χ4v) is 22.6. The molecule has 8 nitrogen and oxygen atoms in total. The Morgan fingerprint density at radius 3 is 1.10 bits per heavy atom. The van der Waals surface area contributed by atoms with Gasteiger partial charge in [0.1, 0.15) is 0 Å². The van der Waals surface area contributed by atoms with Crippen LogP contribution in [0.3, 0.4) is 0 Å². The maximum absolute atomic E-state index is 10.3. The number of hydrogen-bond donors (Lipinski definition) is 8.